The number of carboxylic acid groups (broad SMARTS) is 1. The number of hydrogen-bond acceptors (Lipinski definition) is 5. The van der Waals surface area contributed by atoms with Crippen LogP contribution >= 0.6 is 0 Å². The molecule has 0 aliphatic rings. The second kappa shape index (κ2) is 5.51. The number of carbonyl (C=O) groups is 1. The van der Waals surface area contributed by atoms with Crippen LogP contribution in [0.5, 0.6) is 0 Å². The minimum atomic E-state index is -2.01. The van der Waals surface area contributed by atoms with E-state index < -0.39 is 40.4 Å². The van der Waals surface area contributed by atoms with Crippen molar-refractivity contribution in [3.8, 4) is 12.1 Å². The van der Waals surface area contributed by atoms with Gasteiger partial charge in [-0.3, -0.25) is 5.43 Å². The number of nitrogens with zero attached hydrogens (tertiary/aromatic N) is 3. The van der Waals surface area contributed by atoms with E-state index in [0.717, 1.165) is 0 Å². The molecule has 19 heavy (non-hydrogen) atoms. The van der Waals surface area contributed by atoms with Crippen molar-refractivity contribution in [3.63, 3.8) is 0 Å². The average Bonchev–Trinajstić information content (AvgIpc) is 2.36. The highest BCUT2D eigenvalue weighted by Gasteiger charge is 2.24. The minimum absolute atomic E-state index is 0.312. The Bertz CT molecular complexity index is 642. The van der Waals surface area contributed by atoms with E-state index in [1.807, 2.05) is 0 Å². The van der Waals surface area contributed by atoms with Crippen molar-refractivity contribution in [1.82, 2.24) is 0 Å². The zero-order chi connectivity index (χ0) is 14.6. The topological polar surface area (TPSA) is 109 Å². The lowest BCUT2D eigenvalue weighted by Gasteiger charge is -2.06. The Labute approximate surface area is 104 Å². The second-order valence-electron chi connectivity index (χ2n) is 3.01. The summed E-state index contributed by atoms with van der Waals surface area (Å²) in [5.41, 5.74) is -1.26. The van der Waals surface area contributed by atoms with E-state index in [1.165, 1.54) is 12.1 Å². The van der Waals surface area contributed by atoms with Crippen LogP contribution < -0.4 is 5.43 Å². The van der Waals surface area contributed by atoms with Crippen LogP contribution in [0.25, 0.3) is 0 Å². The number of nitriles is 2. The maximum absolute atomic E-state index is 13.5. The zero-order valence-electron chi connectivity index (χ0n) is 8.91. The van der Waals surface area contributed by atoms with Crippen LogP contribution in [-0.2, 0) is 0 Å². The first-order valence-electron chi connectivity index (χ1n) is 4.47. The molecule has 2 N–H and O–H groups in total. The van der Waals surface area contributed by atoms with Crippen molar-refractivity contribution < 1.29 is 23.1 Å². The second-order valence-corrected chi connectivity index (χ2v) is 3.01. The summed E-state index contributed by atoms with van der Waals surface area (Å²) in [7, 11) is 0. The van der Waals surface area contributed by atoms with E-state index in [1.54, 1.807) is 5.43 Å². The van der Waals surface area contributed by atoms with Gasteiger partial charge in [-0.25, -0.2) is 18.0 Å². The van der Waals surface area contributed by atoms with Gasteiger partial charge in [0.1, 0.15) is 17.7 Å². The summed E-state index contributed by atoms with van der Waals surface area (Å²) in [6, 6.07) is 2.96. The third kappa shape index (κ3) is 2.79. The van der Waals surface area contributed by atoms with Gasteiger partial charge in [0, 0.05) is 6.07 Å². The number of nitrogens with one attached hydrogen (secondary N) is 1. The number of aromatic carboxylic acids is 1. The monoisotopic (exact) mass is 268 g/mol. The normalized spacial score (nSPS) is 9.11. The molecule has 0 spiro atoms. The lowest BCUT2D eigenvalue weighted by atomic mass is 10.1. The van der Waals surface area contributed by atoms with E-state index in [-0.39, 0.29) is 0 Å². The first-order chi connectivity index (χ1) is 8.92. The SMILES string of the molecule is N#CC(C#N)=NNc1cc(F)c(F)c(C(=O)O)c1F. The Morgan fingerprint density at radius 3 is 2.32 bits per heavy atom. The minimum Gasteiger partial charge on any atom is -0.477 e. The zero-order valence-corrected chi connectivity index (χ0v) is 8.91. The van der Waals surface area contributed by atoms with Gasteiger partial charge in [0.25, 0.3) is 0 Å². The van der Waals surface area contributed by atoms with Gasteiger partial charge in [-0.05, 0) is 0 Å². The standard InChI is InChI=1S/C10H3F3N4O2/c11-5-1-6(17-16-4(2-14)3-15)9(13)7(8(5)12)10(18)19/h1,17H,(H,18,19). The third-order valence-electron chi connectivity index (χ3n) is 1.87. The Balaban J connectivity index is 3.33. The van der Waals surface area contributed by atoms with Crippen LogP contribution in [0.1, 0.15) is 10.4 Å². The molecule has 6 nitrogen and oxygen atoms in total. The summed E-state index contributed by atoms with van der Waals surface area (Å²) in [5.74, 6) is -7.10. The fourth-order valence-electron chi connectivity index (χ4n) is 1.06. The fraction of sp³-hybridized carbons (Fsp3) is 0. The van der Waals surface area contributed by atoms with E-state index in [2.05, 4.69) is 5.10 Å². The number of halogens is 3. The third-order valence-corrected chi connectivity index (χ3v) is 1.87. The molecule has 0 unspecified atom stereocenters. The predicted molar refractivity (Wildman–Crippen MR) is 55.6 cm³/mol. The largest absolute Gasteiger partial charge is 0.477 e. The van der Waals surface area contributed by atoms with Gasteiger partial charge >= 0.3 is 5.97 Å². The molecule has 0 saturated heterocycles. The number of hydrogen-bond donors (Lipinski definition) is 2. The molecule has 1 rings (SSSR count). The maximum atomic E-state index is 13.5. The number of carboxylic acids is 1. The van der Waals surface area contributed by atoms with Crippen molar-refractivity contribution in [2.45, 2.75) is 0 Å². The maximum Gasteiger partial charge on any atom is 0.341 e. The number of benzene rings is 1. The molecule has 0 heterocycles. The van der Waals surface area contributed by atoms with Crippen LogP contribution in [0.2, 0.25) is 0 Å². The molecule has 1 aromatic carbocycles. The molecule has 0 aromatic heterocycles. The molecule has 9 heteroatoms. The van der Waals surface area contributed by atoms with Crippen LogP contribution in [0.4, 0.5) is 18.9 Å². The Morgan fingerprint density at radius 2 is 1.84 bits per heavy atom. The van der Waals surface area contributed by atoms with Gasteiger partial charge < -0.3 is 5.11 Å². The van der Waals surface area contributed by atoms with Crippen LogP contribution in [0.3, 0.4) is 0 Å². The predicted octanol–water partition coefficient (Wildman–Crippen LogP) is 1.62. The molecule has 0 radical (unpaired) electrons. The molecule has 0 atom stereocenters. The first-order valence-corrected chi connectivity index (χ1v) is 4.47. The number of anilines is 1. The summed E-state index contributed by atoms with van der Waals surface area (Å²) < 4.78 is 39.6. The van der Waals surface area contributed by atoms with Crippen molar-refractivity contribution in [1.29, 1.82) is 10.5 Å². The van der Waals surface area contributed by atoms with Crippen LogP contribution in [0.15, 0.2) is 11.2 Å². The summed E-state index contributed by atoms with van der Waals surface area (Å²) in [6.07, 6.45) is 0. The molecular weight excluding hydrogens is 265 g/mol. The van der Waals surface area contributed by atoms with E-state index in [0.29, 0.717) is 6.07 Å². The smallest absolute Gasteiger partial charge is 0.341 e. The van der Waals surface area contributed by atoms with Gasteiger partial charge in [0.05, 0.1) is 5.69 Å². The average molecular weight is 268 g/mol. The van der Waals surface area contributed by atoms with Crippen LogP contribution in [0, 0.1) is 40.1 Å². The van der Waals surface area contributed by atoms with Gasteiger partial charge in [-0.1, -0.05) is 0 Å². The van der Waals surface area contributed by atoms with Crippen LogP contribution in [-0.4, -0.2) is 16.8 Å². The highest BCUT2D eigenvalue weighted by atomic mass is 19.2. The van der Waals surface area contributed by atoms with Gasteiger partial charge in [0.15, 0.2) is 17.5 Å². The molecule has 0 saturated carbocycles. The molecule has 1 aromatic rings. The van der Waals surface area contributed by atoms with Gasteiger partial charge in [-0.2, -0.15) is 15.6 Å². The molecule has 0 amide bonds. The van der Waals surface area contributed by atoms with Crippen molar-refractivity contribution in [3.05, 3.63) is 29.1 Å². The fourth-order valence-corrected chi connectivity index (χ4v) is 1.06. The van der Waals surface area contributed by atoms with E-state index >= 15 is 0 Å². The highest BCUT2D eigenvalue weighted by Crippen LogP contribution is 2.24. The van der Waals surface area contributed by atoms with Crippen molar-refractivity contribution >= 4 is 17.4 Å². The first kappa shape index (κ1) is 14.0. The lowest BCUT2D eigenvalue weighted by molar-refractivity contribution is 0.0685. The Kier molecular flexibility index (Phi) is 4.06. The molecule has 96 valence electrons. The van der Waals surface area contributed by atoms with E-state index in [4.69, 9.17) is 15.6 Å². The number of rotatable bonds is 3. The molecular formula is C10H3F3N4O2. The summed E-state index contributed by atoms with van der Waals surface area (Å²) in [5, 5.41) is 28.3. The highest BCUT2D eigenvalue weighted by molar-refractivity contribution is 6.10. The quantitative estimate of drug-likeness (QED) is 0.491. The Morgan fingerprint density at radius 1 is 1.26 bits per heavy atom. The van der Waals surface area contributed by atoms with Gasteiger partial charge in [0.2, 0.25) is 5.71 Å². The molecule has 0 aliphatic heterocycles. The lowest BCUT2D eigenvalue weighted by Crippen LogP contribution is -2.10. The summed E-state index contributed by atoms with van der Waals surface area (Å²) >= 11 is 0. The molecule has 0 bridgehead atoms. The van der Waals surface area contributed by atoms with Gasteiger partial charge in [-0.15, -0.1) is 0 Å². The van der Waals surface area contributed by atoms with Crippen molar-refractivity contribution in [2.75, 3.05) is 5.43 Å². The summed E-state index contributed by atoms with van der Waals surface area (Å²) in [6.45, 7) is 0. The van der Waals surface area contributed by atoms with E-state index in [9.17, 15) is 18.0 Å². The van der Waals surface area contributed by atoms with Crippen molar-refractivity contribution in [2.24, 2.45) is 5.10 Å². The molecule has 0 fully saturated rings. The summed E-state index contributed by atoms with van der Waals surface area (Å²) in [4.78, 5) is 10.6. The molecule has 0 aliphatic carbocycles. The number of hydrazone groups is 1. The Hall–Kier alpha value is -3.07.